The van der Waals surface area contributed by atoms with Gasteiger partial charge in [0.05, 0.1) is 15.6 Å². The largest absolute Gasteiger partial charge is 0.492 e. The third-order valence-electron chi connectivity index (χ3n) is 4.23. The molecule has 0 saturated carbocycles. The normalized spacial score (nSPS) is 15.0. The van der Waals surface area contributed by atoms with Crippen LogP contribution < -0.4 is 4.74 Å². The molecule has 3 aromatic rings. The van der Waals surface area contributed by atoms with Gasteiger partial charge in [-0.1, -0.05) is 30.3 Å². The predicted octanol–water partition coefficient (Wildman–Crippen LogP) is 6.11. The summed E-state index contributed by atoms with van der Waals surface area (Å²) in [5.74, 6) is 0.564. The second-order valence-corrected chi connectivity index (χ2v) is 7.85. The van der Waals surface area contributed by atoms with Crippen LogP contribution in [0.5, 0.6) is 5.75 Å². The molecule has 0 atom stereocenters. The minimum absolute atomic E-state index is 0.256. The van der Waals surface area contributed by atoms with Gasteiger partial charge in [0.2, 0.25) is 5.90 Å². The van der Waals surface area contributed by atoms with Crippen molar-refractivity contribution in [2.45, 2.75) is 6.92 Å². The fourth-order valence-electron chi connectivity index (χ4n) is 2.96. The van der Waals surface area contributed by atoms with Gasteiger partial charge in [-0.3, -0.25) is 0 Å². The van der Waals surface area contributed by atoms with E-state index in [4.69, 9.17) is 9.47 Å². The van der Waals surface area contributed by atoms with Crippen LogP contribution in [0.3, 0.4) is 0 Å². The maximum atomic E-state index is 12.3. The summed E-state index contributed by atoms with van der Waals surface area (Å²) in [6.45, 7) is 2.48. The zero-order chi connectivity index (χ0) is 19.7. The number of fused-ring (bicyclic) bond motifs is 1. The predicted molar refractivity (Wildman–Crippen MR) is 118 cm³/mol. The molecule has 0 bridgehead atoms. The summed E-state index contributed by atoms with van der Waals surface area (Å²) in [5, 5.41) is 2.19. The first-order valence-corrected chi connectivity index (χ1v) is 10.3. The number of ether oxygens (including phenoxy) is 2. The van der Waals surface area contributed by atoms with Crippen LogP contribution in [-0.4, -0.2) is 18.5 Å². The molecule has 1 heterocycles. The average molecular weight is 501 g/mol. The Morgan fingerprint density at radius 2 is 1.75 bits per heavy atom. The van der Waals surface area contributed by atoms with Gasteiger partial charge in [0.15, 0.2) is 5.70 Å². The van der Waals surface area contributed by atoms with Crippen LogP contribution in [0.1, 0.15) is 18.1 Å². The van der Waals surface area contributed by atoms with Gasteiger partial charge >= 0.3 is 5.97 Å². The van der Waals surface area contributed by atoms with Gasteiger partial charge in [-0.25, -0.2) is 9.79 Å². The number of carbonyl (C=O) groups excluding carboxylic acids is 1. The Morgan fingerprint density at radius 1 is 1.04 bits per heavy atom. The van der Waals surface area contributed by atoms with E-state index in [-0.39, 0.29) is 5.70 Å². The van der Waals surface area contributed by atoms with Crippen molar-refractivity contribution in [3.63, 3.8) is 0 Å². The van der Waals surface area contributed by atoms with Crippen LogP contribution >= 0.6 is 31.9 Å². The maximum Gasteiger partial charge on any atom is 0.363 e. The van der Waals surface area contributed by atoms with Crippen LogP contribution in [-0.2, 0) is 9.53 Å². The molecule has 140 valence electrons. The third kappa shape index (κ3) is 3.75. The van der Waals surface area contributed by atoms with Crippen molar-refractivity contribution in [2.24, 2.45) is 4.99 Å². The maximum absolute atomic E-state index is 12.3. The molecular formula is C22H15Br2NO3. The first-order valence-electron chi connectivity index (χ1n) is 8.68. The summed E-state index contributed by atoms with van der Waals surface area (Å²) in [5.41, 5.74) is 1.83. The van der Waals surface area contributed by atoms with E-state index in [2.05, 4.69) is 36.9 Å². The fraction of sp³-hybridized carbons (Fsp3) is 0.0909. The number of hydrogen-bond donors (Lipinski definition) is 0. The van der Waals surface area contributed by atoms with Gasteiger partial charge in [0.1, 0.15) is 5.75 Å². The van der Waals surface area contributed by atoms with Gasteiger partial charge in [0.25, 0.3) is 0 Å². The minimum atomic E-state index is -0.468. The Hall–Kier alpha value is -2.44. The molecule has 0 aliphatic carbocycles. The van der Waals surface area contributed by atoms with E-state index in [1.54, 1.807) is 6.08 Å². The van der Waals surface area contributed by atoms with Gasteiger partial charge in [-0.15, -0.1) is 0 Å². The van der Waals surface area contributed by atoms with E-state index >= 15 is 0 Å². The lowest BCUT2D eigenvalue weighted by atomic mass is 10.1. The Bertz CT molecular complexity index is 1130. The van der Waals surface area contributed by atoms with Crippen molar-refractivity contribution in [1.82, 2.24) is 0 Å². The number of nitrogens with zero attached hydrogens (tertiary/aromatic N) is 1. The van der Waals surface area contributed by atoms with Crippen molar-refractivity contribution in [1.29, 1.82) is 0 Å². The third-order valence-corrected chi connectivity index (χ3v) is 5.41. The topological polar surface area (TPSA) is 47.9 Å². The van der Waals surface area contributed by atoms with Crippen molar-refractivity contribution < 1.29 is 14.3 Å². The Balaban J connectivity index is 1.68. The number of halogens is 2. The lowest BCUT2D eigenvalue weighted by Gasteiger charge is -2.09. The molecule has 0 unspecified atom stereocenters. The SMILES string of the molecule is CCOc1c(Br)cc(/C=C2\N=C(c3ccc4ccccc4c3)OC2=O)cc1Br. The van der Waals surface area contributed by atoms with Crippen molar-refractivity contribution in [3.05, 3.63) is 80.4 Å². The van der Waals surface area contributed by atoms with Gasteiger partial charge < -0.3 is 9.47 Å². The highest BCUT2D eigenvalue weighted by Gasteiger charge is 2.24. The second kappa shape index (κ2) is 7.89. The molecule has 0 spiro atoms. The molecule has 28 heavy (non-hydrogen) atoms. The highest BCUT2D eigenvalue weighted by molar-refractivity contribution is 9.11. The molecule has 4 rings (SSSR count). The highest BCUT2D eigenvalue weighted by atomic mass is 79.9. The van der Waals surface area contributed by atoms with E-state index < -0.39 is 5.97 Å². The van der Waals surface area contributed by atoms with E-state index in [1.807, 2.05) is 61.5 Å². The average Bonchev–Trinajstić information content (AvgIpc) is 3.05. The Morgan fingerprint density at radius 3 is 2.46 bits per heavy atom. The summed E-state index contributed by atoms with van der Waals surface area (Å²) < 4.78 is 12.6. The molecule has 4 nitrogen and oxygen atoms in total. The summed E-state index contributed by atoms with van der Waals surface area (Å²) in [4.78, 5) is 16.7. The smallest absolute Gasteiger partial charge is 0.363 e. The quantitative estimate of drug-likeness (QED) is 0.321. The zero-order valence-electron chi connectivity index (χ0n) is 14.9. The molecule has 0 fully saturated rings. The lowest BCUT2D eigenvalue weighted by Crippen LogP contribution is -2.05. The van der Waals surface area contributed by atoms with Crippen LogP contribution in [0.15, 0.2) is 74.2 Å². The number of rotatable bonds is 4. The van der Waals surface area contributed by atoms with E-state index in [0.29, 0.717) is 12.5 Å². The molecule has 0 saturated heterocycles. The number of cyclic esters (lactones) is 1. The van der Waals surface area contributed by atoms with Crippen LogP contribution in [0, 0.1) is 0 Å². The molecule has 0 aromatic heterocycles. The number of esters is 1. The molecule has 0 amide bonds. The standard InChI is InChI=1S/C22H15Br2NO3/c1-2-27-20-17(23)9-13(10-18(20)24)11-19-22(26)28-21(25-19)16-8-7-14-5-3-4-6-15(14)12-16/h3-12H,2H2,1H3/b19-11-. The molecular weight excluding hydrogens is 486 g/mol. The van der Waals surface area contributed by atoms with Crippen LogP contribution in [0.25, 0.3) is 16.8 Å². The second-order valence-electron chi connectivity index (χ2n) is 6.14. The van der Waals surface area contributed by atoms with E-state index in [1.165, 1.54) is 0 Å². The molecule has 6 heteroatoms. The highest BCUT2D eigenvalue weighted by Crippen LogP contribution is 2.35. The zero-order valence-corrected chi connectivity index (χ0v) is 18.1. The first kappa shape index (κ1) is 18.9. The summed E-state index contributed by atoms with van der Waals surface area (Å²) >= 11 is 7.00. The number of hydrogen-bond acceptors (Lipinski definition) is 4. The molecule has 1 aliphatic rings. The van der Waals surface area contributed by atoms with Gasteiger partial charge in [0, 0.05) is 5.56 Å². The van der Waals surface area contributed by atoms with Gasteiger partial charge in [-0.05, 0) is 85.5 Å². The molecule has 1 aliphatic heterocycles. The van der Waals surface area contributed by atoms with E-state index in [0.717, 1.165) is 36.6 Å². The van der Waals surface area contributed by atoms with Crippen LogP contribution in [0.4, 0.5) is 0 Å². The van der Waals surface area contributed by atoms with Gasteiger partial charge in [-0.2, -0.15) is 0 Å². The van der Waals surface area contributed by atoms with Crippen molar-refractivity contribution in [3.8, 4) is 5.75 Å². The Kier molecular flexibility index (Phi) is 5.33. The fourth-order valence-corrected chi connectivity index (χ4v) is 4.41. The monoisotopic (exact) mass is 499 g/mol. The molecule has 3 aromatic carbocycles. The summed E-state index contributed by atoms with van der Waals surface area (Å²) in [6.07, 6.45) is 1.70. The van der Waals surface area contributed by atoms with Crippen molar-refractivity contribution in [2.75, 3.05) is 6.61 Å². The Labute approximate surface area is 179 Å². The molecule has 0 radical (unpaired) electrons. The van der Waals surface area contributed by atoms with E-state index in [9.17, 15) is 4.79 Å². The number of aliphatic imine (C=N–C) groups is 1. The lowest BCUT2D eigenvalue weighted by molar-refractivity contribution is -0.129. The summed E-state index contributed by atoms with van der Waals surface area (Å²) in [6, 6.07) is 17.6. The molecule has 0 N–H and O–H groups in total. The number of carbonyl (C=O) groups is 1. The van der Waals surface area contributed by atoms with Crippen LogP contribution in [0.2, 0.25) is 0 Å². The number of benzene rings is 3. The van der Waals surface area contributed by atoms with Crippen molar-refractivity contribution >= 4 is 60.6 Å². The summed E-state index contributed by atoms with van der Waals surface area (Å²) in [7, 11) is 0. The first-order chi connectivity index (χ1) is 13.5. The minimum Gasteiger partial charge on any atom is -0.492 e.